The van der Waals surface area contributed by atoms with Crippen molar-refractivity contribution < 1.29 is 9.53 Å². The van der Waals surface area contributed by atoms with Crippen LogP contribution in [0, 0.1) is 6.92 Å². The van der Waals surface area contributed by atoms with E-state index in [1.165, 1.54) is 6.33 Å². The average Bonchev–Trinajstić information content (AvgIpc) is 3.55. The fraction of sp³-hybridized carbons (Fsp3) is 0.280. The van der Waals surface area contributed by atoms with Gasteiger partial charge in [-0.3, -0.25) is 0 Å². The van der Waals surface area contributed by atoms with Crippen molar-refractivity contribution in [2.45, 2.75) is 13.8 Å². The molecule has 5 aromatic rings. The van der Waals surface area contributed by atoms with Crippen LogP contribution in [0.4, 0.5) is 11.5 Å². The Kier molecular flexibility index (Phi) is 5.44. The molecule has 0 N–H and O–H groups in total. The topological polar surface area (TPSA) is 107 Å². The lowest BCUT2D eigenvalue weighted by molar-refractivity contribution is 0.0526. The number of aromatic nitrogens is 7. The van der Waals surface area contributed by atoms with Gasteiger partial charge in [-0.1, -0.05) is 18.2 Å². The number of fused-ring (bicyclic) bond motifs is 2. The smallest absolute Gasteiger partial charge is 0.341 e. The maximum absolute atomic E-state index is 12.9. The molecule has 6 rings (SSSR count). The number of hydrogen-bond acceptors (Lipinski definition) is 9. The standard InChI is InChI=1S/C25H25N9O2/c1-3-36-24(35)20-14-26-23-19(15-28-33(23)18-7-5-4-6-8-18)22(20)32-11-9-31(10-12-32)21-13-17(2)30-25-27-16-29-34(21)25/h4-8,13-16H,3,9-12H2,1-2H3. The predicted molar refractivity (Wildman–Crippen MR) is 135 cm³/mol. The molecule has 11 heteroatoms. The van der Waals surface area contributed by atoms with E-state index < -0.39 is 0 Å². The lowest BCUT2D eigenvalue weighted by Crippen LogP contribution is -2.47. The third kappa shape index (κ3) is 3.69. The van der Waals surface area contributed by atoms with Crippen LogP contribution in [-0.4, -0.2) is 73.1 Å². The van der Waals surface area contributed by atoms with Gasteiger partial charge in [-0.05, 0) is 26.0 Å². The van der Waals surface area contributed by atoms with Gasteiger partial charge in [-0.15, -0.1) is 0 Å². The second-order valence-electron chi connectivity index (χ2n) is 8.57. The Morgan fingerprint density at radius 3 is 2.56 bits per heavy atom. The number of anilines is 2. The van der Waals surface area contributed by atoms with Crippen LogP contribution in [0.2, 0.25) is 0 Å². The second kappa shape index (κ2) is 8.91. The Balaban J connectivity index is 1.37. The highest BCUT2D eigenvalue weighted by atomic mass is 16.5. The van der Waals surface area contributed by atoms with E-state index in [1.54, 1.807) is 28.5 Å². The van der Waals surface area contributed by atoms with Crippen LogP contribution in [-0.2, 0) is 4.74 Å². The van der Waals surface area contributed by atoms with Gasteiger partial charge in [0.05, 0.1) is 29.6 Å². The highest BCUT2D eigenvalue weighted by Gasteiger charge is 2.27. The molecule has 11 nitrogen and oxygen atoms in total. The van der Waals surface area contributed by atoms with E-state index in [1.807, 2.05) is 43.3 Å². The van der Waals surface area contributed by atoms with Crippen molar-refractivity contribution in [3.8, 4) is 5.69 Å². The Hall–Kier alpha value is -4.54. The van der Waals surface area contributed by atoms with Crippen LogP contribution in [0.25, 0.3) is 22.5 Å². The number of pyridine rings is 1. The second-order valence-corrected chi connectivity index (χ2v) is 8.57. The Morgan fingerprint density at radius 1 is 1.00 bits per heavy atom. The molecule has 36 heavy (non-hydrogen) atoms. The molecule has 1 aliphatic heterocycles. The number of piperazine rings is 1. The average molecular weight is 484 g/mol. The van der Waals surface area contributed by atoms with Gasteiger partial charge < -0.3 is 14.5 Å². The van der Waals surface area contributed by atoms with Crippen molar-refractivity contribution in [1.29, 1.82) is 0 Å². The largest absolute Gasteiger partial charge is 0.462 e. The number of carbonyl (C=O) groups excluding carboxylic acids is 1. The van der Waals surface area contributed by atoms with Crippen LogP contribution in [0.3, 0.4) is 0 Å². The van der Waals surface area contributed by atoms with Crippen molar-refractivity contribution in [2.75, 3.05) is 42.6 Å². The lowest BCUT2D eigenvalue weighted by atomic mass is 10.1. The number of carbonyl (C=O) groups is 1. The summed E-state index contributed by atoms with van der Waals surface area (Å²) >= 11 is 0. The number of para-hydroxylation sites is 1. The summed E-state index contributed by atoms with van der Waals surface area (Å²) in [6, 6.07) is 11.9. The minimum absolute atomic E-state index is 0.294. The molecule has 1 aromatic carbocycles. The molecule has 1 saturated heterocycles. The minimum atomic E-state index is -0.383. The van der Waals surface area contributed by atoms with Gasteiger partial charge in [0, 0.05) is 44.1 Å². The van der Waals surface area contributed by atoms with E-state index in [9.17, 15) is 4.79 Å². The summed E-state index contributed by atoms with van der Waals surface area (Å²) in [6.07, 6.45) is 4.91. The molecule has 0 aliphatic carbocycles. The van der Waals surface area contributed by atoms with Crippen LogP contribution >= 0.6 is 0 Å². The van der Waals surface area contributed by atoms with E-state index in [0.717, 1.165) is 41.4 Å². The summed E-state index contributed by atoms with van der Waals surface area (Å²) in [4.78, 5) is 30.7. The van der Waals surface area contributed by atoms with Gasteiger partial charge in [0.25, 0.3) is 5.78 Å². The molecule has 1 aliphatic rings. The molecule has 0 radical (unpaired) electrons. The van der Waals surface area contributed by atoms with Gasteiger partial charge in [0.1, 0.15) is 17.7 Å². The minimum Gasteiger partial charge on any atom is -0.462 e. The molecule has 0 amide bonds. The molecule has 5 heterocycles. The number of aryl methyl sites for hydroxylation is 1. The van der Waals surface area contributed by atoms with Gasteiger partial charge in [-0.25, -0.2) is 19.4 Å². The van der Waals surface area contributed by atoms with Gasteiger partial charge in [0.2, 0.25) is 0 Å². The lowest BCUT2D eigenvalue weighted by Gasteiger charge is -2.37. The zero-order valence-electron chi connectivity index (χ0n) is 20.1. The van der Waals surface area contributed by atoms with Gasteiger partial charge in [0.15, 0.2) is 5.65 Å². The molecule has 4 aromatic heterocycles. The molecular weight excluding hydrogens is 458 g/mol. The number of benzene rings is 1. The third-order valence-corrected chi connectivity index (χ3v) is 6.35. The number of rotatable bonds is 5. The highest BCUT2D eigenvalue weighted by molar-refractivity contribution is 6.04. The molecule has 0 unspecified atom stereocenters. The SMILES string of the molecule is CCOC(=O)c1cnc2c(cnn2-c2ccccc2)c1N1CCN(c2cc(C)nc3ncnn23)CC1. The van der Waals surface area contributed by atoms with Crippen LogP contribution < -0.4 is 9.80 Å². The fourth-order valence-corrected chi connectivity index (χ4v) is 4.72. The Bertz CT molecular complexity index is 1550. The molecule has 0 atom stereocenters. The maximum atomic E-state index is 12.9. The quantitative estimate of drug-likeness (QED) is 0.349. The monoisotopic (exact) mass is 483 g/mol. The summed E-state index contributed by atoms with van der Waals surface area (Å²) in [5, 5.41) is 9.77. The molecule has 1 fully saturated rings. The summed E-state index contributed by atoms with van der Waals surface area (Å²) in [7, 11) is 0. The summed E-state index contributed by atoms with van der Waals surface area (Å²) in [6.45, 7) is 6.91. The van der Waals surface area contributed by atoms with Crippen LogP contribution in [0.5, 0.6) is 0 Å². The first-order chi connectivity index (χ1) is 17.6. The van der Waals surface area contributed by atoms with Crippen molar-refractivity contribution in [1.82, 2.24) is 34.3 Å². The number of nitrogens with zero attached hydrogens (tertiary/aromatic N) is 9. The Morgan fingerprint density at radius 2 is 1.78 bits per heavy atom. The summed E-state index contributed by atoms with van der Waals surface area (Å²) in [5.74, 6) is 1.16. The zero-order valence-corrected chi connectivity index (χ0v) is 20.1. The van der Waals surface area contributed by atoms with E-state index in [0.29, 0.717) is 36.7 Å². The highest BCUT2D eigenvalue weighted by Crippen LogP contribution is 2.32. The number of hydrogen-bond donors (Lipinski definition) is 0. The van der Waals surface area contributed by atoms with Crippen LogP contribution in [0.1, 0.15) is 23.0 Å². The molecule has 182 valence electrons. The molecule has 0 saturated carbocycles. The molecule has 0 bridgehead atoms. The van der Waals surface area contributed by atoms with E-state index in [2.05, 4.69) is 34.9 Å². The van der Waals surface area contributed by atoms with Gasteiger partial charge >= 0.3 is 5.97 Å². The van der Waals surface area contributed by atoms with E-state index in [-0.39, 0.29) is 5.97 Å². The normalized spacial score (nSPS) is 14.1. The van der Waals surface area contributed by atoms with Crippen molar-refractivity contribution in [2.24, 2.45) is 0 Å². The summed E-state index contributed by atoms with van der Waals surface area (Å²) < 4.78 is 8.94. The zero-order chi connectivity index (χ0) is 24.6. The van der Waals surface area contributed by atoms with Crippen molar-refractivity contribution >= 4 is 34.3 Å². The summed E-state index contributed by atoms with van der Waals surface area (Å²) in [5.41, 5.74) is 3.74. The first kappa shape index (κ1) is 22.0. The van der Waals surface area contributed by atoms with Crippen LogP contribution in [0.15, 0.2) is 55.1 Å². The number of esters is 1. The first-order valence-electron chi connectivity index (χ1n) is 11.9. The first-order valence-corrected chi connectivity index (χ1v) is 11.9. The fourth-order valence-electron chi connectivity index (χ4n) is 4.72. The molecule has 0 spiro atoms. The van der Waals surface area contributed by atoms with E-state index in [4.69, 9.17) is 4.74 Å². The van der Waals surface area contributed by atoms with Crippen molar-refractivity contribution in [3.05, 3.63) is 66.4 Å². The Labute approximate surface area is 207 Å². The predicted octanol–water partition coefficient (Wildman–Crippen LogP) is 2.67. The number of ether oxygens (including phenoxy) is 1. The third-order valence-electron chi connectivity index (χ3n) is 6.35. The molecular formula is C25H25N9O2. The maximum Gasteiger partial charge on any atom is 0.341 e. The van der Waals surface area contributed by atoms with E-state index >= 15 is 0 Å². The van der Waals surface area contributed by atoms with Crippen molar-refractivity contribution in [3.63, 3.8) is 0 Å². The van der Waals surface area contributed by atoms with Gasteiger partial charge in [-0.2, -0.15) is 19.7 Å².